The highest BCUT2D eigenvalue weighted by atomic mass is 28.4. The highest BCUT2D eigenvalue weighted by molar-refractivity contribution is 6.70. The Morgan fingerprint density at radius 2 is 0.621 bits per heavy atom. The van der Waals surface area contributed by atoms with E-state index in [2.05, 4.69) is 0 Å². The van der Waals surface area contributed by atoms with E-state index in [0.29, 0.717) is 12.2 Å². The van der Waals surface area contributed by atoms with Gasteiger partial charge >= 0.3 is 8.56 Å². The molecule has 0 spiro atoms. The number of hydrogen-bond donors (Lipinski definition) is 0. The Balaban J connectivity index is 1.62. The van der Waals surface area contributed by atoms with Crippen molar-refractivity contribution in [2.75, 3.05) is 0 Å². The molecule has 0 amide bonds. The van der Waals surface area contributed by atoms with Crippen molar-refractivity contribution in [2.24, 2.45) is 0 Å². The molecule has 4 aliphatic carbocycles. The zero-order chi connectivity index (χ0) is 19.8. The molecule has 0 aromatic heterocycles. The maximum absolute atomic E-state index is 7.49. The molecule has 29 heavy (non-hydrogen) atoms. The Labute approximate surface area is 182 Å². The van der Waals surface area contributed by atoms with Crippen molar-refractivity contribution >= 4 is 8.56 Å². The summed E-state index contributed by atoms with van der Waals surface area (Å²) in [6.45, 7) is 0. The van der Waals surface area contributed by atoms with Crippen LogP contribution in [0.25, 0.3) is 0 Å². The Kier molecular flexibility index (Phi) is 8.99. The van der Waals surface area contributed by atoms with Crippen molar-refractivity contribution in [1.82, 2.24) is 0 Å². The fourth-order valence-electron chi connectivity index (χ4n) is 7.00. The second-order valence-corrected chi connectivity index (χ2v) is 14.4. The molecule has 4 fully saturated rings. The van der Waals surface area contributed by atoms with Crippen LogP contribution in [-0.4, -0.2) is 20.8 Å². The average molecular weight is 421 g/mol. The van der Waals surface area contributed by atoms with Crippen molar-refractivity contribution in [1.29, 1.82) is 0 Å². The van der Waals surface area contributed by atoms with E-state index < -0.39 is 8.56 Å². The van der Waals surface area contributed by atoms with Crippen LogP contribution in [0.3, 0.4) is 0 Å². The van der Waals surface area contributed by atoms with Gasteiger partial charge in [0.1, 0.15) is 0 Å². The van der Waals surface area contributed by atoms with E-state index >= 15 is 0 Å². The number of hydrogen-bond acceptors (Lipinski definition) is 2. The van der Waals surface area contributed by atoms with Crippen LogP contribution < -0.4 is 0 Å². The predicted molar refractivity (Wildman–Crippen MR) is 125 cm³/mol. The molecule has 0 heterocycles. The van der Waals surface area contributed by atoms with Gasteiger partial charge in [0.05, 0.1) is 0 Å². The van der Waals surface area contributed by atoms with Gasteiger partial charge in [0, 0.05) is 23.3 Å². The molecule has 0 aromatic carbocycles. The van der Waals surface area contributed by atoms with Gasteiger partial charge in [-0.25, -0.2) is 0 Å². The standard InChI is InChI=1S/C26H48O2Si/c1-2-12-20-25(19-11-1)29(26-21-13-3-4-14-22-26,27-23-15-7-5-8-16-23)28-24-17-9-6-10-18-24/h23-26H,1-22H2. The molecule has 0 bridgehead atoms. The zero-order valence-electron chi connectivity index (χ0n) is 19.2. The third-order valence-corrected chi connectivity index (χ3v) is 13.5. The van der Waals surface area contributed by atoms with Crippen LogP contribution in [0.15, 0.2) is 0 Å². The molecule has 0 aromatic rings. The van der Waals surface area contributed by atoms with E-state index in [1.54, 1.807) is 0 Å². The van der Waals surface area contributed by atoms with Gasteiger partial charge in [-0.3, -0.25) is 0 Å². The molecule has 168 valence electrons. The highest BCUT2D eigenvalue weighted by Crippen LogP contribution is 2.50. The van der Waals surface area contributed by atoms with Crippen molar-refractivity contribution in [3.05, 3.63) is 0 Å². The van der Waals surface area contributed by atoms with Crippen LogP contribution in [-0.2, 0) is 8.85 Å². The predicted octanol–water partition coefficient (Wildman–Crippen LogP) is 8.58. The quantitative estimate of drug-likeness (QED) is 0.316. The fourth-order valence-corrected chi connectivity index (χ4v) is 12.4. The third kappa shape index (κ3) is 6.10. The smallest absolute Gasteiger partial charge is 0.345 e. The first kappa shape index (κ1) is 22.3. The summed E-state index contributed by atoms with van der Waals surface area (Å²) in [5.41, 5.74) is 1.55. The van der Waals surface area contributed by atoms with E-state index in [4.69, 9.17) is 8.85 Å². The molecule has 4 rings (SSSR count). The summed E-state index contributed by atoms with van der Waals surface area (Å²) < 4.78 is 15.0. The topological polar surface area (TPSA) is 18.5 Å². The molecule has 0 saturated heterocycles. The lowest BCUT2D eigenvalue weighted by atomic mass is 9.98. The SMILES string of the molecule is C1CCC(O[Si](OC2CCCCC2)(C2CCCCCC2)C2CCCCCC2)CC1. The van der Waals surface area contributed by atoms with E-state index in [9.17, 15) is 0 Å². The molecule has 0 unspecified atom stereocenters. The van der Waals surface area contributed by atoms with Crippen LogP contribution >= 0.6 is 0 Å². The van der Waals surface area contributed by atoms with Gasteiger partial charge in [0.15, 0.2) is 0 Å². The summed E-state index contributed by atoms with van der Waals surface area (Å²) >= 11 is 0. The van der Waals surface area contributed by atoms with Crippen LogP contribution in [0.4, 0.5) is 0 Å². The minimum atomic E-state index is -2.23. The third-order valence-electron chi connectivity index (χ3n) is 8.65. The first-order valence-corrected chi connectivity index (χ1v) is 15.7. The van der Waals surface area contributed by atoms with Crippen LogP contribution in [0.1, 0.15) is 141 Å². The first-order valence-electron chi connectivity index (χ1n) is 13.7. The minimum Gasteiger partial charge on any atom is -0.391 e. The van der Waals surface area contributed by atoms with Crippen LogP contribution in [0.2, 0.25) is 11.1 Å². The summed E-state index contributed by atoms with van der Waals surface area (Å²) in [5, 5.41) is 0. The van der Waals surface area contributed by atoms with Crippen molar-refractivity contribution in [3.8, 4) is 0 Å². The fraction of sp³-hybridized carbons (Fsp3) is 1.00. The Morgan fingerprint density at radius 3 is 0.966 bits per heavy atom. The summed E-state index contributed by atoms with van der Waals surface area (Å²) in [6.07, 6.45) is 31.7. The second kappa shape index (κ2) is 11.7. The largest absolute Gasteiger partial charge is 0.391 e. The van der Waals surface area contributed by atoms with E-state index in [0.717, 1.165) is 11.1 Å². The molecule has 0 aliphatic heterocycles. The molecule has 0 atom stereocenters. The van der Waals surface area contributed by atoms with Crippen LogP contribution in [0, 0.1) is 0 Å². The van der Waals surface area contributed by atoms with E-state index in [1.807, 2.05) is 0 Å². The van der Waals surface area contributed by atoms with Gasteiger partial charge in [-0.2, -0.15) is 0 Å². The lowest BCUT2D eigenvalue weighted by Gasteiger charge is -2.47. The van der Waals surface area contributed by atoms with Gasteiger partial charge in [-0.15, -0.1) is 0 Å². The molecule has 4 saturated carbocycles. The molecule has 0 radical (unpaired) electrons. The van der Waals surface area contributed by atoms with Crippen LogP contribution in [0.5, 0.6) is 0 Å². The van der Waals surface area contributed by atoms with Gasteiger partial charge in [-0.05, 0) is 51.4 Å². The molecule has 2 nitrogen and oxygen atoms in total. The summed E-state index contributed by atoms with van der Waals surface area (Å²) in [5.74, 6) is 0. The molecular formula is C26H48O2Si. The van der Waals surface area contributed by atoms with Gasteiger partial charge in [0.2, 0.25) is 0 Å². The lowest BCUT2D eigenvalue weighted by molar-refractivity contribution is 0.0318. The Hall–Kier alpha value is 0.137. The van der Waals surface area contributed by atoms with Gasteiger partial charge < -0.3 is 8.85 Å². The van der Waals surface area contributed by atoms with E-state index in [1.165, 1.54) is 141 Å². The van der Waals surface area contributed by atoms with Crippen molar-refractivity contribution in [2.45, 2.75) is 165 Å². The summed E-state index contributed by atoms with van der Waals surface area (Å²) in [7, 11) is -2.23. The summed E-state index contributed by atoms with van der Waals surface area (Å²) in [6, 6.07) is 0. The maximum atomic E-state index is 7.49. The number of rotatable bonds is 6. The van der Waals surface area contributed by atoms with Gasteiger partial charge in [0.25, 0.3) is 0 Å². The molecule has 0 N–H and O–H groups in total. The highest BCUT2D eigenvalue weighted by Gasteiger charge is 2.54. The van der Waals surface area contributed by atoms with E-state index in [-0.39, 0.29) is 0 Å². The summed E-state index contributed by atoms with van der Waals surface area (Å²) in [4.78, 5) is 0. The maximum Gasteiger partial charge on any atom is 0.345 e. The average Bonchev–Trinajstić information content (AvgIpc) is 3.21. The van der Waals surface area contributed by atoms with Crippen molar-refractivity contribution in [3.63, 3.8) is 0 Å². The first-order chi connectivity index (χ1) is 14.4. The zero-order valence-corrected chi connectivity index (χ0v) is 20.2. The second-order valence-electron chi connectivity index (χ2n) is 10.9. The lowest BCUT2D eigenvalue weighted by Crippen LogP contribution is -2.55. The Bertz CT molecular complexity index is 398. The normalized spacial score (nSPS) is 28.1. The Morgan fingerprint density at radius 1 is 0.345 bits per heavy atom. The van der Waals surface area contributed by atoms with Gasteiger partial charge in [-0.1, -0.05) is 89.9 Å². The van der Waals surface area contributed by atoms with Crippen molar-refractivity contribution < 1.29 is 8.85 Å². The molecular weight excluding hydrogens is 372 g/mol. The molecule has 4 aliphatic rings. The minimum absolute atomic E-state index is 0.519. The molecule has 3 heteroatoms. The monoisotopic (exact) mass is 420 g/mol.